The fraction of sp³-hybridized carbons (Fsp3) is 0.360. The summed E-state index contributed by atoms with van der Waals surface area (Å²) in [6, 6.07) is 11.2. The van der Waals surface area contributed by atoms with E-state index in [0.29, 0.717) is 34.4 Å². The van der Waals surface area contributed by atoms with Crippen LogP contribution in [0.3, 0.4) is 0 Å². The zero-order chi connectivity index (χ0) is 24.3. The van der Waals surface area contributed by atoms with E-state index in [1.165, 1.54) is 5.56 Å². The third kappa shape index (κ3) is 5.89. The van der Waals surface area contributed by atoms with Gasteiger partial charge in [0.15, 0.2) is 5.82 Å². The molecular weight excluding hydrogens is 495 g/mol. The van der Waals surface area contributed by atoms with Gasteiger partial charge in [0.25, 0.3) is 10.1 Å². The second-order valence-electron chi connectivity index (χ2n) is 8.57. The van der Waals surface area contributed by atoms with Crippen LogP contribution >= 0.6 is 23.2 Å². The molecule has 9 heteroatoms. The quantitative estimate of drug-likeness (QED) is 0.277. The van der Waals surface area contributed by atoms with Crippen molar-refractivity contribution in [2.75, 3.05) is 12.9 Å². The molecule has 0 saturated heterocycles. The summed E-state index contributed by atoms with van der Waals surface area (Å²) in [5.74, 6) is 0.0686. The monoisotopic (exact) mass is 520 g/mol. The Morgan fingerprint density at radius 2 is 1.94 bits per heavy atom. The number of carbonyl (C=O) groups is 1. The van der Waals surface area contributed by atoms with Gasteiger partial charge in [0, 0.05) is 30.4 Å². The van der Waals surface area contributed by atoms with Crippen molar-refractivity contribution in [1.82, 2.24) is 9.55 Å². The molecule has 6 nitrogen and oxygen atoms in total. The highest BCUT2D eigenvalue weighted by Crippen LogP contribution is 2.30. The van der Waals surface area contributed by atoms with Crippen LogP contribution in [-0.4, -0.2) is 36.6 Å². The number of rotatable bonds is 9. The molecule has 0 amide bonds. The molecule has 1 atom stereocenters. The minimum atomic E-state index is -3.57. The van der Waals surface area contributed by atoms with Crippen LogP contribution in [0.4, 0.5) is 0 Å². The largest absolute Gasteiger partial charge is 0.328 e. The fourth-order valence-corrected chi connectivity index (χ4v) is 5.19. The van der Waals surface area contributed by atoms with Crippen molar-refractivity contribution < 1.29 is 17.4 Å². The Hall–Kier alpha value is -2.19. The van der Waals surface area contributed by atoms with E-state index in [0.717, 1.165) is 43.1 Å². The van der Waals surface area contributed by atoms with Crippen LogP contribution in [0.1, 0.15) is 58.1 Å². The summed E-state index contributed by atoms with van der Waals surface area (Å²) in [7, 11) is -3.57. The lowest BCUT2D eigenvalue weighted by Gasteiger charge is -2.21. The number of imidazole rings is 1. The van der Waals surface area contributed by atoms with Gasteiger partial charge in [0.1, 0.15) is 0 Å². The van der Waals surface area contributed by atoms with E-state index in [1.54, 1.807) is 24.5 Å². The summed E-state index contributed by atoms with van der Waals surface area (Å²) in [6.45, 7) is 0.412. The van der Waals surface area contributed by atoms with Crippen molar-refractivity contribution in [3.8, 4) is 0 Å². The van der Waals surface area contributed by atoms with Crippen LogP contribution in [0, 0.1) is 0 Å². The predicted molar refractivity (Wildman–Crippen MR) is 133 cm³/mol. The number of aryl methyl sites for hydroxylation is 1. The van der Waals surface area contributed by atoms with E-state index in [-0.39, 0.29) is 18.3 Å². The summed E-state index contributed by atoms with van der Waals surface area (Å²) in [6.07, 6.45) is 8.90. The molecule has 0 spiro atoms. The Kier molecular flexibility index (Phi) is 7.77. The van der Waals surface area contributed by atoms with Crippen molar-refractivity contribution in [2.24, 2.45) is 0 Å². The number of carbonyl (C=O) groups excluding carboxylic acids is 1. The maximum Gasteiger partial charge on any atom is 0.264 e. The first kappa shape index (κ1) is 24.9. The average molecular weight is 521 g/mol. The molecule has 0 bridgehead atoms. The second kappa shape index (κ2) is 10.6. The lowest BCUT2D eigenvalue weighted by atomic mass is 9.87. The zero-order valence-corrected chi connectivity index (χ0v) is 21.2. The SMILES string of the molecule is CS(=O)(=O)OCC[C@H](Cn1ccnc1C(=O)c1cccc2c1CCCC2)c1ccc(Cl)c(Cl)c1. The summed E-state index contributed by atoms with van der Waals surface area (Å²) in [5, 5.41) is 0.843. The van der Waals surface area contributed by atoms with E-state index in [2.05, 4.69) is 11.1 Å². The molecule has 1 heterocycles. The molecule has 4 rings (SSSR count). The average Bonchev–Trinajstić information content (AvgIpc) is 3.27. The Labute approximate surface area is 210 Å². The highest BCUT2D eigenvalue weighted by molar-refractivity contribution is 7.85. The Morgan fingerprint density at radius 3 is 2.71 bits per heavy atom. The zero-order valence-electron chi connectivity index (χ0n) is 18.8. The number of hydrogen-bond donors (Lipinski definition) is 0. The summed E-state index contributed by atoms with van der Waals surface area (Å²) in [4.78, 5) is 17.9. The van der Waals surface area contributed by atoms with Gasteiger partial charge in [-0.2, -0.15) is 8.42 Å². The van der Waals surface area contributed by atoms with Crippen molar-refractivity contribution in [3.05, 3.63) is 86.9 Å². The van der Waals surface area contributed by atoms with Crippen LogP contribution < -0.4 is 0 Å². The van der Waals surface area contributed by atoms with E-state index in [1.807, 2.05) is 22.8 Å². The van der Waals surface area contributed by atoms with E-state index < -0.39 is 10.1 Å². The molecule has 34 heavy (non-hydrogen) atoms. The number of halogens is 2. The Bertz CT molecular complexity index is 1300. The Morgan fingerprint density at radius 1 is 1.15 bits per heavy atom. The molecular formula is C25H26Cl2N2O4S. The highest BCUT2D eigenvalue weighted by atomic mass is 35.5. The van der Waals surface area contributed by atoms with Crippen LogP contribution in [0.25, 0.3) is 0 Å². The van der Waals surface area contributed by atoms with E-state index >= 15 is 0 Å². The topological polar surface area (TPSA) is 78.3 Å². The van der Waals surface area contributed by atoms with Crippen molar-refractivity contribution >= 4 is 39.1 Å². The minimum absolute atomic E-state index is 0.00785. The summed E-state index contributed by atoms with van der Waals surface area (Å²) >= 11 is 12.3. The number of hydrogen-bond acceptors (Lipinski definition) is 5. The minimum Gasteiger partial charge on any atom is -0.328 e. The highest BCUT2D eigenvalue weighted by Gasteiger charge is 2.24. The number of aromatic nitrogens is 2. The van der Waals surface area contributed by atoms with Crippen molar-refractivity contribution in [2.45, 2.75) is 44.6 Å². The van der Waals surface area contributed by atoms with Crippen molar-refractivity contribution in [3.63, 3.8) is 0 Å². The number of benzene rings is 2. The van der Waals surface area contributed by atoms with Gasteiger partial charge in [0.2, 0.25) is 5.78 Å². The van der Waals surface area contributed by atoms with Gasteiger partial charge in [-0.05, 0) is 60.9 Å². The summed E-state index contributed by atoms with van der Waals surface area (Å²) < 4.78 is 29.7. The molecule has 3 aromatic rings. The van der Waals surface area contributed by atoms with Crippen molar-refractivity contribution in [1.29, 1.82) is 0 Å². The smallest absolute Gasteiger partial charge is 0.264 e. The lowest BCUT2D eigenvalue weighted by molar-refractivity contribution is 0.102. The molecule has 2 aromatic carbocycles. The first-order valence-electron chi connectivity index (χ1n) is 11.2. The standard InChI is InChI=1S/C25H26Cl2N2O4S/c1-34(31,32)33-14-11-19(18-9-10-22(26)23(27)15-18)16-29-13-12-28-25(29)24(30)21-8-4-6-17-5-2-3-7-20(17)21/h4,6,8-10,12-13,15,19H,2-3,5,7,11,14,16H2,1H3/t19-/m1/s1. The number of fused-ring (bicyclic) bond motifs is 1. The van der Waals surface area contributed by atoms with Gasteiger partial charge in [-0.25, -0.2) is 4.98 Å². The molecule has 1 aliphatic rings. The number of ketones is 1. The molecule has 0 fully saturated rings. The molecule has 1 aliphatic carbocycles. The van der Waals surface area contributed by atoms with Gasteiger partial charge in [-0.15, -0.1) is 0 Å². The van der Waals surface area contributed by atoms with Crippen LogP contribution in [0.2, 0.25) is 10.0 Å². The molecule has 0 N–H and O–H groups in total. The van der Waals surface area contributed by atoms with Gasteiger partial charge in [-0.1, -0.05) is 47.5 Å². The van der Waals surface area contributed by atoms with Crippen LogP contribution in [0.15, 0.2) is 48.8 Å². The van der Waals surface area contributed by atoms with Crippen LogP contribution in [-0.2, 0) is 33.7 Å². The van der Waals surface area contributed by atoms with Gasteiger partial charge < -0.3 is 4.57 Å². The predicted octanol–water partition coefficient (Wildman–Crippen LogP) is 5.45. The van der Waals surface area contributed by atoms with Gasteiger partial charge >= 0.3 is 0 Å². The van der Waals surface area contributed by atoms with Crippen LogP contribution in [0.5, 0.6) is 0 Å². The number of nitrogens with zero attached hydrogens (tertiary/aromatic N) is 2. The summed E-state index contributed by atoms with van der Waals surface area (Å²) in [5.41, 5.74) is 3.93. The molecule has 1 aromatic heterocycles. The molecule has 0 aliphatic heterocycles. The van der Waals surface area contributed by atoms with Gasteiger partial charge in [0.05, 0.1) is 22.9 Å². The second-order valence-corrected chi connectivity index (χ2v) is 11.0. The first-order chi connectivity index (χ1) is 16.2. The maximum atomic E-state index is 13.5. The lowest BCUT2D eigenvalue weighted by Crippen LogP contribution is -2.19. The molecule has 0 saturated carbocycles. The first-order valence-corrected chi connectivity index (χ1v) is 13.8. The molecule has 0 radical (unpaired) electrons. The normalized spacial score (nSPS) is 14.6. The van der Waals surface area contributed by atoms with Gasteiger partial charge in [-0.3, -0.25) is 8.98 Å². The maximum absolute atomic E-state index is 13.5. The van der Waals surface area contributed by atoms with E-state index in [4.69, 9.17) is 27.4 Å². The fourth-order valence-electron chi connectivity index (χ4n) is 4.49. The van der Waals surface area contributed by atoms with E-state index in [9.17, 15) is 13.2 Å². The third-order valence-corrected chi connectivity index (χ3v) is 7.49. The Balaban J connectivity index is 1.62. The third-order valence-electron chi connectivity index (χ3n) is 6.15. The molecule has 0 unspecified atom stereocenters. The molecule has 180 valence electrons.